The van der Waals surface area contributed by atoms with E-state index in [-0.39, 0.29) is 25.7 Å². The number of unbranched alkanes of at least 4 members (excludes halogenated alkanes) is 8. The van der Waals surface area contributed by atoms with Crippen molar-refractivity contribution in [1.82, 2.24) is 0 Å². The maximum atomic E-state index is 12.6. The first kappa shape index (κ1) is 55.0. The predicted octanol–water partition coefficient (Wildman–Crippen LogP) is 7.58. The predicted molar refractivity (Wildman–Crippen MR) is 227 cm³/mol. The van der Waals surface area contributed by atoms with E-state index in [1.165, 1.54) is 25.3 Å². The van der Waals surface area contributed by atoms with Gasteiger partial charge in [-0.1, -0.05) is 131 Å². The summed E-state index contributed by atoms with van der Waals surface area (Å²) in [6.45, 7) is 1.72. The van der Waals surface area contributed by atoms with Crippen LogP contribution in [0.3, 0.4) is 0 Å². The van der Waals surface area contributed by atoms with E-state index in [0.717, 1.165) is 51.4 Å². The third-order valence-electron chi connectivity index (χ3n) is 8.38. The number of hydrogen-bond acceptors (Lipinski definition) is 12. The third-order valence-corrected chi connectivity index (χ3v) is 9.33. The van der Waals surface area contributed by atoms with Crippen molar-refractivity contribution in [3.8, 4) is 0 Å². The smallest absolute Gasteiger partial charge is 0.462 e. The van der Waals surface area contributed by atoms with Crippen molar-refractivity contribution < 1.29 is 63.1 Å². The van der Waals surface area contributed by atoms with Gasteiger partial charge in [-0.2, -0.15) is 0 Å². The molecule has 0 bridgehead atoms. The number of esters is 2. The summed E-state index contributed by atoms with van der Waals surface area (Å²) >= 11 is 0. The molecule has 0 rings (SSSR count). The molecule has 58 heavy (non-hydrogen) atoms. The molecule has 14 heteroatoms. The second kappa shape index (κ2) is 38.2. The summed E-state index contributed by atoms with van der Waals surface area (Å²) in [5.41, 5.74) is 0. The number of rotatable bonds is 37. The molecule has 0 aromatic heterocycles. The van der Waals surface area contributed by atoms with E-state index in [4.69, 9.17) is 19.1 Å². The quantitative estimate of drug-likeness (QED) is 0.0117. The molecule has 1 unspecified atom stereocenters. The van der Waals surface area contributed by atoms with Crippen LogP contribution in [0, 0.1) is 0 Å². The Morgan fingerprint density at radius 3 is 1.93 bits per heavy atom. The molecule has 0 fully saturated rings. The van der Waals surface area contributed by atoms with Gasteiger partial charge >= 0.3 is 19.8 Å². The molecule has 0 amide bonds. The molecule has 6 atom stereocenters. The maximum absolute atomic E-state index is 12.6. The number of phosphoric acid groups is 1. The minimum Gasteiger partial charge on any atom is -0.462 e. The van der Waals surface area contributed by atoms with Gasteiger partial charge in [-0.3, -0.25) is 18.6 Å². The Morgan fingerprint density at radius 2 is 1.26 bits per heavy atom. The first-order chi connectivity index (χ1) is 27.9. The topological polar surface area (TPSA) is 210 Å². The Balaban J connectivity index is 4.69. The largest absolute Gasteiger partial charge is 0.472 e. The van der Waals surface area contributed by atoms with Gasteiger partial charge in [0.1, 0.15) is 12.7 Å². The number of carbonyl (C=O) groups is 2. The summed E-state index contributed by atoms with van der Waals surface area (Å²) in [6, 6.07) is 0. The van der Waals surface area contributed by atoms with Gasteiger partial charge in [0.05, 0.1) is 38.1 Å². The molecule has 332 valence electrons. The summed E-state index contributed by atoms with van der Waals surface area (Å²) in [7, 11) is -4.71. The second-order valence-corrected chi connectivity index (χ2v) is 15.3. The lowest BCUT2D eigenvalue weighted by Crippen LogP contribution is -2.30. The Bertz CT molecular complexity index is 1290. The van der Waals surface area contributed by atoms with Crippen LogP contribution in [-0.4, -0.2) is 99.3 Å². The third kappa shape index (κ3) is 36.1. The zero-order valence-corrected chi connectivity index (χ0v) is 35.7. The van der Waals surface area contributed by atoms with Crippen LogP contribution in [0.5, 0.6) is 0 Å². The van der Waals surface area contributed by atoms with Crippen molar-refractivity contribution in [2.45, 2.75) is 154 Å². The number of aliphatic hydroxyl groups is 5. The van der Waals surface area contributed by atoms with Crippen molar-refractivity contribution in [1.29, 1.82) is 0 Å². The number of phosphoric ester groups is 1. The lowest BCUT2D eigenvalue weighted by Gasteiger charge is -2.20. The first-order valence-electron chi connectivity index (χ1n) is 20.9. The van der Waals surface area contributed by atoms with Crippen LogP contribution in [0.15, 0.2) is 85.1 Å². The molecule has 0 aliphatic rings. The van der Waals surface area contributed by atoms with Crippen LogP contribution in [0.4, 0.5) is 0 Å². The molecule has 13 nitrogen and oxygen atoms in total. The van der Waals surface area contributed by atoms with Crippen LogP contribution in [0.25, 0.3) is 0 Å². The second-order valence-electron chi connectivity index (χ2n) is 13.8. The Hall–Kier alpha value is -2.97. The standard InChI is InChI=1S/C44H73O13P/c1-3-5-7-8-9-10-11-12-13-14-15-16-17-22-26-32-44(51)57-40(37-56-58(52,53)55-35-39(47)34-45)36-54-43(50)33-27-31-42(49)41(48)30-25-21-19-18-20-24-29-38(46)28-23-6-4-2/h6,9-10,12-13,18-21,23-25,29-30,38-42,45-49H,3-5,7-8,11,14-17,22,26-28,31-37H2,1-2H3,(H,52,53)/b10-9-,13-12-,20-18+,21-19-,23-6-,29-24+,30-25-/t38-,39+,40-,41+,42+/m1/s1. The zero-order valence-electron chi connectivity index (χ0n) is 34.8. The molecule has 0 aliphatic carbocycles. The molecule has 0 heterocycles. The molecular formula is C44H73O13P. The van der Waals surface area contributed by atoms with Crippen LogP contribution < -0.4 is 0 Å². The van der Waals surface area contributed by atoms with Gasteiger partial charge in [0.25, 0.3) is 0 Å². The molecule has 0 aromatic carbocycles. The summed E-state index contributed by atoms with van der Waals surface area (Å²) < 4.78 is 32.4. The van der Waals surface area contributed by atoms with E-state index < -0.39 is 76.7 Å². The van der Waals surface area contributed by atoms with E-state index in [1.807, 2.05) is 19.1 Å². The highest BCUT2D eigenvalue weighted by Gasteiger charge is 2.27. The fourth-order valence-electron chi connectivity index (χ4n) is 5.01. The SMILES string of the molecule is CC/C=C\C[C@@H](O)/C=C/C=C/C=C\C=C/[C@H](O)[C@@H](O)CCCC(=O)OC[C@H](COP(=O)(O)OC[C@@H](O)CO)OC(=O)CCCCCCC/C=C\C/C=C\CCCCC. The van der Waals surface area contributed by atoms with E-state index in [1.54, 1.807) is 42.5 Å². The molecule has 0 saturated heterocycles. The van der Waals surface area contributed by atoms with E-state index >= 15 is 0 Å². The Labute approximate surface area is 347 Å². The van der Waals surface area contributed by atoms with Crippen molar-refractivity contribution >= 4 is 19.8 Å². The molecular weight excluding hydrogens is 767 g/mol. The zero-order chi connectivity index (χ0) is 43.1. The fourth-order valence-corrected chi connectivity index (χ4v) is 5.80. The molecule has 0 saturated carbocycles. The van der Waals surface area contributed by atoms with Gasteiger partial charge in [0, 0.05) is 12.8 Å². The number of aliphatic hydroxyl groups excluding tert-OH is 5. The van der Waals surface area contributed by atoms with Crippen LogP contribution in [0.2, 0.25) is 0 Å². The van der Waals surface area contributed by atoms with E-state index in [0.29, 0.717) is 12.8 Å². The van der Waals surface area contributed by atoms with Crippen molar-refractivity contribution in [2.75, 3.05) is 26.4 Å². The molecule has 0 radical (unpaired) electrons. The van der Waals surface area contributed by atoms with Crippen molar-refractivity contribution in [3.05, 3.63) is 85.1 Å². The van der Waals surface area contributed by atoms with E-state index in [9.17, 15) is 39.5 Å². The lowest BCUT2D eigenvalue weighted by atomic mass is 10.1. The Kier molecular flexibility index (Phi) is 36.3. The summed E-state index contributed by atoms with van der Waals surface area (Å²) in [5.74, 6) is -1.28. The highest BCUT2D eigenvalue weighted by atomic mass is 31.2. The Morgan fingerprint density at radius 1 is 0.655 bits per heavy atom. The van der Waals surface area contributed by atoms with Crippen molar-refractivity contribution in [2.24, 2.45) is 0 Å². The van der Waals surface area contributed by atoms with Gasteiger partial charge in [0.15, 0.2) is 6.10 Å². The summed E-state index contributed by atoms with van der Waals surface area (Å²) in [4.78, 5) is 35.0. The fraction of sp³-hybridized carbons (Fsp3) is 0.636. The van der Waals surface area contributed by atoms with Crippen LogP contribution in [-0.2, 0) is 32.7 Å². The number of ether oxygens (including phenoxy) is 2. The van der Waals surface area contributed by atoms with Gasteiger partial charge in [-0.15, -0.1) is 0 Å². The highest BCUT2D eigenvalue weighted by molar-refractivity contribution is 7.47. The van der Waals surface area contributed by atoms with Crippen LogP contribution >= 0.6 is 7.82 Å². The molecule has 0 aliphatic heterocycles. The van der Waals surface area contributed by atoms with Gasteiger partial charge < -0.3 is 39.9 Å². The number of allylic oxidation sites excluding steroid dienone is 11. The maximum Gasteiger partial charge on any atom is 0.472 e. The summed E-state index contributed by atoms with van der Waals surface area (Å²) in [6.07, 6.45) is 33.5. The number of hydrogen-bond donors (Lipinski definition) is 6. The van der Waals surface area contributed by atoms with Gasteiger partial charge in [-0.05, 0) is 64.2 Å². The first-order valence-corrected chi connectivity index (χ1v) is 22.4. The van der Waals surface area contributed by atoms with Gasteiger partial charge in [-0.25, -0.2) is 4.57 Å². The molecule has 0 aromatic rings. The minimum absolute atomic E-state index is 0.0879. The lowest BCUT2D eigenvalue weighted by molar-refractivity contribution is -0.161. The normalized spacial score (nSPS) is 16.3. The average molecular weight is 841 g/mol. The van der Waals surface area contributed by atoms with E-state index in [2.05, 4.69) is 35.8 Å². The summed E-state index contributed by atoms with van der Waals surface area (Å²) in [5, 5.41) is 48.7. The van der Waals surface area contributed by atoms with Crippen LogP contribution in [0.1, 0.15) is 123 Å². The van der Waals surface area contributed by atoms with Gasteiger partial charge in [0.2, 0.25) is 0 Å². The minimum atomic E-state index is -4.71. The highest BCUT2D eigenvalue weighted by Crippen LogP contribution is 2.43. The molecule has 0 spiro atoms. The number of carbonyl (C=O) groups excluding carboxylic acids is 2. The molecule has 6 N–H and O–H groups in total. The van der Waals surface area contributed by atoms with Crippen molar-refractivity contribution in [3.63, 3.8) is 0 Å². The average Bonchev–Trinajstić information content (AvgIpc) is 3.20. The monoisotopic (exact) mass is 840 g/mol.